The second-order valence-corrected chi connectivity index (χ2v) is 11.8. The van der Waals surface area contributed by atoms with Crippen molar-refractivity contribution in [2.24, 2.45) is 0 Å². The molecule has 1 unspecified atom stereocenters. The number of carbonyl (C=O) groups is 4. The van der Waals surface area contributed by atoms with Crippen LogP contribution in [0, 0.1) is 10.1 Å². The number of nitro groups is 1. The van der Waals surface area contributed by atoms with Crippen LogP contribution in [0.3, 0.4) is 0 Å². The number of nitro benzene ring substituents is 1. The molecular weight excluding hydrogens is 648 g/mol. The molecule has 1 fully saturated rings. The highest BCUT2D eigenvalue weighted by Crippen LogP contribution is 2.35. The number of nitrogens with zero attached hydrogens (tertiary/aromatic N) is 2. The largest absolute Gasteiger partial charge is 0.321 e. The Hall–Kier alpha value is -5.07. The van der Waals surface area contributed by atoms with Crippen LogP contribution in [0.4, 0.5) is 17.1 Å². The molecule has 0 saturated carbocycles. The fraction of sp³-hybridized carbons (Fsp3) is 0.0625. The average Bonchev–Trinajstić information content (AvgIpc) is 3.29. The molecule has 0 aliphatic carbocycles. The first kappa shape index (κ1) is 30.4. The summed E-state index contributed by atoms with van der Waals surface area (Å²) in [5.74, 6) is -1.77. The normalized spacial score (nSPS) is 14.8. The number of carbonyl (C=O) groups excluding carboxylic acids is 4. The average molecular weight is 672 g/mol. The number of rotatable bonds is 9. The van der Waals surface area contributed by atoms with E-state index >= 15 is 0 Å². The van der Waals surface area contributed by atoms with E-state index in [1.54, 1.807) is 78.9 Å². The molecule has 1 saturated heterocycles. The van der Waals surface area contributed by atoms with E-state index in [0.717, 1.165) is 4.47 Å². The summed E-state index contributed by atoms with van der Waals surface area (Å²) in [6, 6.07) is 27.6. The highest BCUT2D eigenvalue weighted by Gasteiger charge is 2.40. The van der Waals surface area contributed by atoms with Crippen LogP contribution in [-0.4, -0.2) is 33.8 Å². The fourth-order valence-electron chi connectivity index (χ4n) is 4.37. The van der Waals surface area contributed by atoms with Crippen LogP contribution in [-0.2, 0) is 14.4 Å². The Kier molecular flexibility index (Phi) is 9.32. The SMILES string of the molecule is O=C(Nc1cccc(SC2CC(=O)N(c3ccc(Br)cc3)C2=O)c1)C(=Cc1ccc([N+](=O)[O-])cc1)NC(=O)c1ccccc1. The van der Waals surface area contributed by atoms with Crippen LogP contribution in [0.5, 0.6) is 0 Å². The summed E-state index contributed by atoms with van der Waals surface area (Å²) < 4.78 is 0.829. The van der Waals surface area contributed by atoms with Gasteiger partial charge in [-0.1, -0.05) is 40.2 Å². The van der Waals surface area contributed by atoms with E-state index in [-0.39, 0.29) is 29.6 Å². The molecule has 0 radical (unpaired) electrons. The Morgan fingerprint density at radius 2 is 1.64 bits per heavy atom. The molecule has 1 heterocycles. The number of amides is 4. The lowest BCUT2D eigenvalue weighted by atomic mass is 10.1. The van der Waals surface area contributed by atoms with E-state index in [9.17, 15) is 29.3 Å². The number of hydrogen-bond donors (Lipinski definition) is 2. The van der Waals surface area contributed by atoms with Gasteiger partial charge in [0.1, 0.15) is 5.70 Å². The fourth-order valence-corrected chi connectivity index (χ4v) is 5.75. The molecule has 1 aliphatic heterocycles. The number of imide groups is 1. The van der Waals surface area contributed by atoms with Crippen molar-refractivity contribution in [2.75, 3.05) is 10.2 Å². The van der Waals surface area contributed by atoms with Crippen molar-refractivity contribution in [3.63, 3.8) is 0 Å². The number of hydrogen-bond acceptors (Lipinski definition) is 7. The van der Waals surface area contributed by atoms with Crippen molar-refractivity contribution in [3.05, 3.63) is 135 Å². The molecule has 1 aliphatic rings. The second-order valence-electron chi connectivity index (χ2n) is 9.56. The van der Waals surface area contributed by atoms with Gasteiger partial charge in [0.05, 0.1) is 15.9 Å². The summed E-state index contributed by atoms with van der Waals surface area (Å²) in [5.41, 5.74) is 1.48. The number of thioether (sulfide) groups is 1. The maximum absolute atomic E-state index is 13.4. The van der Waals surface area contributed by atoms with E-state index < -0.39 is 22.0 Å². The van der Waals surface area contributed by atoms with Gasteiger partial charge in [0.2, 0.25) is 11.8 Å². The molecule has 220 valence electrons. The van der Waals surface area contributed by atoms with Crippen molar-refractivity contribution in [2.45, 2.75) is 16.6 Å². The Morgan fingerprint density at radius 1 is 0.932 bits per heavy atom. The summed E-state index contributed by atoms with van der Waals surface area (Å²) in [7, 11) is 0. The van der Waals surface area contributed by atoms with Gasteiger partial charge in [-0.05, 0) is 78.4 Å². The molecule has 4 aromatic rings. The number of benzene rings is 4. The molecule has 12 heteroatoms. The maximum Gasteiger partial charge on any atom is 0.272 e. The first-order chi connectivity index (χ1) is 21.2. The zero-order chi connectivity index (χ0) is 31.2. The molecule has 0 bridgehead atoms. The third kappa shape index (κ3) is 7.28. The smallest absolute Gasteiger partial charge is 0.272 e. The molecule has 10 nitrogen and oxygen atoms in total. The Balaban J connectivity index is 1.33. The Bertz CT molecular complexity index is 1780. The highest BCUT2D eigenvalue weighted by atomic mass is 79.9. The third-order valence-electron chi connectivity index (χ3n) is 6.50. The molecular formula is C32H23BrN4O6S. The predicted molar refractivity (Wildman–Crippen MR) is 171 cm³/mol. The first-order valence-electron chi connectivity index (χ1n) is 13.2. The van der Waals surface area contributed by atoms with Crippen LogP contribution >= 0.6 is 27.7 Å². The van der Waals surface area contributed by atoms with Crippen molar-refractivity contribution in [1.82, 2.24) is 5.32 Å². The molecule has 1 atom stereocenters. The summed E-state index contributed by atoms with van der Waals surface area (Å²) in [6.45, 7) is 0. The van der Waals surface area contributed by atoms with E-state index in [1.165, 1.54) is 47.0 Å². The third-order valence-corrected chi connectivity index (χ3v) is 8.21. The summed E-state index contributed by atoms with van der Waals surface area (Å²) in [4.78, 5) is 64.5. The van der Waals surface area contributed by atoms with E-state index in [2.05, 4.69) is 26.6 Å². The van der Waals surface area contributed by atoms with Gasteiger partial charge in [0.15, 0.2) is 0 Å². The molecule has 5 rings (SSSR count). The summed E-state index contributed by atoms with van der Waals surface area (Å²) in [5, 5.41) is 15.8. The van der Waals surface area contributed by atoms with Gasteiger partial charge in [-0.15, -0.1) is 11.8 Å². The summed E-state index contributed by atoms with van der Waals surface area (Å²) in [6.07, 6.45) is 1.45. The highest BCUT2D eigenvalue weighted by molar-refractivity contribution is 9.10. The molecule has 0 aromatic heterocycles. The van der Waals surface area contributed by atoms with Crippen molar-refractivity contribution in [3.8, 4) is 0 Å². The zero-order valence-electron chi connectivity index (χ0n) is 22.8. The van der Waals surface area contributed by atoms with Crippen molar-refractivity contribution < 1.29 is 24.1 Å². The standard InChI is InChI=1S/C32H23BrN4O6S/c33-22-11-15-24(16-12-22)36-29(38)19-28(32(36)41)44-26-8-4-7-23(18-26)34-31(40)27(35-30(39)21-5-2-1-3-6-21)17-20-9-13-25(14-10-20)37(42)43/h1-18,28H,19H2,(H,34,40)(H,35,39). The van der Waals surface area contributed by atoms with Gasteiger partial charge in [-0.2, -0.15) is 0 Å². The minimum atomic E-state index is -0.639. The topological polar surface area (TPSA) is 139 Å². The Morgan fingerprint density at radius 3 is 2.32 bits per heavy atom. The van der Waals surface area contributed by atoms with Crippen molar-refractivity contribution in [1.29, 1.82) is 0 Å². The predicted octanol–water partition coefficient (Wildman–Crippen LogP) is 6.19. The minimum absolute atomic E-state index is 0.0315. The molecule has 4 aromatic carbocycles. The number of nitrogens with one attached hydrogen (secondary N) is 2. The molecule has 44 heavy (non-hydrogen) atoms. The van der Waals surface area contributed by atoms with E-state index in [0.29, 0.717) is 27.4 Å². The zero-order valence-corrected chi connectivity index (χ0v) is 25.2. The van der Waals surface area contributed by atoms with Crippen LogP contribution in [0.1, 0.15) is 22.3 Å². The van der Waals surface area contributed by atoms with E-state index in [4.69, 9.17) is 0 Å². The molecule has 4 amide bonds. The lowest BCUT2D eigenvalue weighted by Crippen LogP contribution is -2.31. The van der Waals surface area contributed by atoms with E-state index in [1.807, 2.05) is 0 Å². The monoisotopic (exact) mass is 670 g/mol. The number of halogens is 1. The Labute approximate surface area is 264 Å². The van der Waals surface area contributed by atoms with Gasteiger partial charge >= 0.3 is 0 Å². The van der Waals surface area contributed by atoms with Crippen LogP contribution in [0.2, 0.25) is 0 Å². The minimum Gasteiger partial charge on any atom is -0.321 e. The quantitative estimate of drug-likeness (QED) is 0.0937. The molecule has 2 N–H and O–H groups in total. The summed E-state index contributed by atoms with van der Waals surface area (Å²) >= 11 is 4.57. The number of anilines is 2. The van der Waals surface area contributed by atoms with Gasteiger partial charge in [0.25, 0.3) is 17.5 Å². The first-order valence-corrected chi connectivity index (χ1v) is 14.9. The van der Waals surface area contributed by atoms with Crippen LogP contribution in [0.15, 0.2) is 118 Å². The number of non-ortho nitro benzene ring substituents is 1. The lowest BCUT2D eigenvalue weighted by molar-refractivity contribution is -0.384. The van der Waals surface area contributed by atoms with Gasteiger partial charge in [-0.3, -0.25) is 29.3 Å². The van der Waals surface area contributed by atoms with Gasteiger partial charge < -0.3 is 10.6 Å². The van der Waals surface area contributed by atoms with Crippen LogP contribution < -0.4 is 15.5 Å². The van der Waals surface area contributed by atoms with Gasteiger partial charge in [0, 0.05) is 39.2 Å². The van der Waals surface area contributed by atoms with Crippen LogP contribution in [0.25, 0.3) is 6.08 Å². The maximum atomic E-state index is 13.4. The lowest BCUT2D eigenvalue weighted by Gasteiger charge is -2.15. The molecule has 0 spiro atoms. The van der Waals surface area contributed by atoms with Crippen molar-refractivity contribution >= 4 is 74.5 Å². The van der Waals surface area contributed by atoms with Gasteiger partial charge in [-0.25, -0.2) is 4.90 Å². The second kappa shape index (κ2) is 13.5.